The van der Waals surface area contributed by atoms with Gasteiger partial charge >= 0.3 is 0 Å². The van der Waals surface area contributed by atoms with Gasteiger partial charge in [0.25, 0.3) is 15.9 Å². The van der Waals surface area contributed by atoms with Crippen LogP contribution in [0.5, 0.6) is 11.5 Å². The molecule has 1 N–H and O–H groups in total. The van der Waals surface area contributed by atoms with Crippen LogP contribution in [0.2, 0.25) is 5.02 Å². The Morgan fingerprint density at radius 3 is 2.69 bits per heavy atom. The predicted octanol–water partition coefficient (Wildman–Crippen LogP) is 4.06. The molecule has 7 nitrogen and oxygen atoms in total. The molecule has 3 aromatic rings. The first kappa shape index (κ1) is 19.2. The van der Waals surface area contributed by atoms with Crippen LogP contribution < -0.4 is 14.4 Å². The third-order valence-corrected chi connectivity index (χ3v) is 5.93. The Balaban J connectivity index is 1.73. The lowest BCUT2D eigenvalue weighted by molar-refractivity contribution is 0.0992. The summed E-state index contributed by atoms with van der Waals surface area (Å²) in [5.74, 6) is -0.246. The third kappa shape index (κ3) is 3.50. The van der Waals surface area contributed by atoms with Gasteiger partial charge < -0.3 is 4.74 Å². The molecule has 0 aliphatic carbocycles. The summed E-state index contributed by atoms with van der Waals surface area (Å²) >= 11 is 5.70. The van der Waals surface area contributed by atoms with Gasteiger partial charge in [0.05, 0.1) is 21.2 Å². The number of ether oxygens (including phenoxy) is 1. The van der Waals surface area contributed by atoms with E-state index in [0.29, 0.717) is 11.6 Å². The van der Waals surface area contributed by atoms with Crippen LogP contribution in [0.1, 0.15) is 10.4 Å². The second-order valence-electron chi connectivity index (χ2n) is 6.18. The van der Waals surface area contributed by atoms with Gasteiger partial charge in [-0.2, -0.15) is 0 Å². The van der Waals surface area contributed by atoms with E-state index in [1.165, 1.54) is 42.4 Å². The van der Waals surface area contributed by atoms with E-state index >= 15 is 0 Å². The average molecular weight is 434 g/mol. The second-order valence-corrected chi connectivity index (χ2v) is 8.27. The molecule has 0 atom stereocenters. The van der Waals surface area contributed by atoms with Crippen LogP contribution in [0.3, 0.4) is 0 Å². The molecule has 1 aliphatic heterocycles. The highest BCUT2D eigenvalue weighted by Gasteiger charge is 2.28. The molecule has 1 amide bonds. The third-order valence-electron chi connectivity index (χ3n) is 4.26. The van der Waals surface area contributed by atoms with E-state index in [9.17, 15) is 17.6 Å². The molecule has 1 aliphatic rings. The van der Waals surface area contributed by atoms with Crippen LogP contribution in [0.4, 0.5) is 15.9 Å². The summed E-state index contributed by atoms with van der Waals surface area (Å²) in [6.45, 7) is 0. The number of amides is 1. The number of aromatic nitrogens is 1. The van der Waals surface area contributed by atoms with Crippen LogP contribution in [0, 0.1) is 5.82 Å². The first-order chi connectivity index (χ1) is 13.8. The molecule has 29 heavy (non-hydrogen) atoms. The maximum Gasteiger partial charge on any atom is 0.263 e. The topological polar surface area (TPSA) is 88.6 Å². The number of pyridine rings is 1. The fourth-order valence-corrected chi connectivity index (χ4v) is 4.07. The number of benzene rings is 2. The van der Waals surface area contributed by atoms with Crippen molar-refractivity contribution in [1.82, 2.24) is 4.98 Å². The van der Waals surface area contributed by atoms with Crippen molar-refractivity contribution < 1.29 is 22.3 Å². The summed E-state index contributed by atoms with van der Waals surface area (Å²) in [4.78, 5) is 18.1. The van der Waals surface area contributed by atoms with Gasteiger partial charge in [-0.25, -0.2) is 17.8 Å². The molecule has 148 valence electrons. The van der Waals surface area contributed by atoms with Crippen molar-refractivity contribution in [3.8, 4) is 11.5 Å². The molecule has 4 rings (SSSR count). The molecule has 0 fully saturated rings. The van der Waals surface area contributed by atoms with Crippen molar-refractivity contribution in [2.75, 3.05) is 16.7 Å². The maximum atomic E-state index is 13.3. The quantitative estimate of drug-likeness (QED) is 0.673. The lowest BCUT2D eigenvalue weighted by Crippen LogP contribution is -2.26. The summed E-state index contributed by atoms with van der Waals surface area (Å²) in [6.07, 6.45) is 1.52. The van der Waals surface area contributed by atoms with Gasteiger partial charge in [-0.3, -0.25) is 14.4 Å². The standard InChI is InChI=1S/C19H13ClFN3O4S/c1-24-18-17(3-2-8-22-18)28-16-7-5-12(10-13(16)19(24)25)29(26,27)23-11-4-6-15(21)14(20)9-11/h2-10,23H,1H3. The Bertz CT molecular complexity index is 1250. The fraction of sp³-hybridized carbons (Fsp3) is 0.0526. The number of nitrogens with one attached hydrogen (secondary N) is 1. The molecular weight excluding hydrogens is 421 g/mol. The van der Waals surface area contributed by atoms with E-state index in [0.717, 1.165) is 12.1 Å². The summed E-state index contributed by atoms with van der Waals surface area (Å²) in [5.41, 5.74) is 0.146. The normalized spacial score (nSPS) is 13.2. The lowest BCUT2D eigenvalue weighted by atomic mass is 10.2. The second kappa shape index (κ2) is 7.02. The lowest BCUT2D eigenvalue weighted by Gasteiger charge is -2.14. The summed E-state index contributed by atoms with van der Waals surface area (Å²) in [6, 6.07) is 10.7. The van der Waals surface area contributed by atoms with Crippen LogP contribution in [-0.4, -0.2) is 26.4 Å². The summed E-state index contributed by atoms with van der Waals surface area (Å²) < 4.78 is 46.9. The number of fused-ring (bicyclic) bond motifs is 2. The molecule has 2 aromatic carbocycles. The SMILES string of the molecule is CN1C(=O)c2cc(S(=O)(=O)Nc3ccc(F)c(Cl)c3)ccc2Oc2cccnc21. The van der Waals surface area contributed by atoms with Crippen molar-refractivity contribution in [2.24, 2.45) is 0 Å². The number of halogens is 2. The Kier molecular flexibility index (Phi) is 4.64. The Morgan fingerprint density at radius 1 is 1.14 bits per heavy atom. The van der Waals surface area contributed by atoms with Gasteiger partial charge in [0.1, 0.15) is 11.6 Å². The monoisotopic (exact) mass is 433 g/mol. The van der Waals surface area contributed by atoms with Crippen LogP contribution in [0.15, 0.2) is 59.6 Å². The predicted molar refractivity (Wildman–Crippen MR) is 106 cm³/mol. The zero-order valence-corrected chi connectivity index (χ0v) is 16.5. The molecule has 0 saturated heterocycles. The van der Waals surface area contributed by atoms with Crippen LogP contribution in [0.25, 0.3) is 0 Å². The molecule has 2 heterocycles. The molecule has 0 unspecified atom stereocenters. The first-order valence-corrected chi connectivity index (χ1v) is 10.2. The van der Waals surface area contributed by atoms with Crippen LogP contribution in [-0.2, 0) is 10.0 Å². The van der Waals surface area contributed by atoms with Gasteiger partial charge in [-0.05, 0) is 48.5 Å². The van der Waals surface area contributed by atoms with E-state index in [4.69, 9.17) is 16.3 Å². The average Bonchev–Trinajstić information content (AvgIpc) is 2.79. The van der Waals surface area contributed by atoms with Gasteiger partial charge in [0.15, 0.2) is 11.6 Å². The van der Waals surface area contributed by atoms with Crippen molar-refractivity contribution in [3.63, 3.8) is 0 Å². The number of carbonyl (C=O) groups excluding carboxylic acids is 1. The zero-order valence-electron chi connectivity index (χ0n) is 14.9. The van der Waals surface area contributed by atoms with Crippen LogP contribution >= 0.6 is 11.6 Å². The van der Waals surface area contributed by atoms with Gasteiger partial charge in [-0.1, -0.05) is 11.6 Å². The minimum Gasteiger partial charge on any atom is -0.453 e. The largest absolute Gasteiger partial charge is 0.453 e. The number of hydrogen-bond donors (Lipinski definition) is 1. The molecule has 0 spiro atoms. The van der Waals surface area contributed by atoms with Crippen molar-refractivity contribution in [2.45, 2.75) is 4.90 Å². The van der Waals surface area contributed by atoms with Gasteiger partial charge in [0.2, 0.25) is 0 Å². The molecule has 0 radical (unpaired) electrons. The first-order valence-electron chi connectivity index (χ1n) is 8.29. The number of sulfonamides is 1. The Labute approximate surface area is 170 Å². The van der Waals surface area contributed by atoms with Crippen molar-refractivity contribution in [1.29, 1.82) is 0 Å². The number of rotatable bonds is 3. The van der Waals surface area contributed by atoms with Crippen molar-refractivity contribution in [3.05, 3.63) is 71.1 Å². The van der Waals surface area contributed by atoms with E-state index in [1.54, 1.807) is 12.1 Å². The van der Waals surface area contributed by atoms with E-state index in [2.05, 4.69) is 9.71 Å². The Morgan fingerprint density at radius 2 is 1.93 bits per heavy atom. The summed E-state index contributed by atoms with van der Waals surface area (Å²) in [7, 11) is -2.55. The molecular formula is C19H13ClFN3O4S. The highest BCUT2D eigenvalue weighted by molar-refractivity contribution is 7.92. The molecule has 10 heteroatoms. The highest BCUT2D eigenvalue weighted by Crippen LogP contribution is 2.37. The highest BCUT2D eigenvalue weighted by atomic mass is 35.5. The van der Waals surface area contributed by atoms with Crippen molar-refractivity contribution >= 4 is 39.0 Å². The molecule has 0 bridgehead atoms. The number of carbonyl (C=O) groups is 1. The molecule has 1 aromatic heterocycles. The number of anilines is 2. The van der Waals surface area contributed by atoms with E-state index in [1.807, 2.05) is 0 Å². The van der Waals surface area contributed by atoms with E-state index in [-0.39, 0.29) is 26.9 Å². The van der Waals surface area contributed by atoms with Gasteiger partial charge in [0, 0.05) is 13.2 Å². The zero-order chi connectivity index (χ0) is 20.8. The maximum absolute atomic E-state index is 13.3. The van der Waals surface area contributed by atoms with E-state index < -0.39 is 21.7 Å². The minimum atomic E-state index is -4.07. The Hall–Kier alpha value is -3.17. The fourth-order valence-electron chi connectivity index (χ4n) is 2.82. The smallest absolute Gasteiger partial charge is 0.263 e. The molecule has 0 saturated carbocycles. The number of nitrogens with zero attached hydrogens (tertiary/aromatic N) is 2. The minimum absolute atomic E-state index is 0.0607. The number of hydrogen-bond acceptors (Lipinski definition) is 5. The van der Waals surface area contributed by atoms with Gasteiger partial charge in [-0.15, -0.1) is 0 Å². The summed E-state index contributed by atoms with van der Waals surface area (Å²) in [5, 5.41) is -0.220.